The molecule has 2 atom stereocenters. The van der Waals surface area contributed by atoms with Gasteiger partial charge in [-0.1, -0.05) is 24.2 Å². The van der Waals surface area contributed by atoms with Gasteiger partial charge in [-0.05, 0) is 71.5 Å². The highest BCUT2D eigenvalue weighted by atomic mass is 35.5. The van der Waals surface area contributed by atoms with Gasteiger partial charge in [-0.3, -0.25) is 9.89 Å². The zero-order valence-electron chi connectivity index (χ0n) is 25.9. The van der Waals surface area contributed by atoms with Crippen molar-refractivity contribution in [2.75, 3.05) is 50.1 Å². The number of hydrogen-bond donors (Lipinski definition) is 1. The summed E-state index contributed by atoms with van der Waals surface area (Å²) < 4.78 is 17.1. The maximum Gasteiger partial charge on any atom is 0.246 e. The molecule has 2 aliphatic heterocycles. The number of nitrogens with one attached hydrogen (secondary N) is 1. The molecule has 2 aromatic carbocycles. The fraction of sp³-hybridized carbons (Fsp3) is 0.455. The minimum absolute atomic E-state index is 0.0957. The molecule has 3 fully saturated rings. The number of rotatable bonds is 6. The van der Waals surface area contributed by atoms with Gasteiger partial charge in [-0.2, -0.15) is 10.1 Å². The molecule has 2 aromatic heterocycles. The summed E-state index contributed by atoms with van der Waals surface area (Å²) in [4.78, 5) is 30.8. The molecule has 2 saturated heterocycles. The van der Waals surface area contributed by atoms with Gasteiger partial charge >= 0.3 is 0 Å². The summed E-state index contributed by atoms with van der Waals surface area (Å²) in [5.74, 6) is 0.953. The van der Waals surface area contributed by atoms with Crippen LogP contribution in [0.2, 0.25) is 5.02 Å². The second-order valence-corrected chi connectivity index (χ2v) is 13.3. The Labute approximate surface area is 261 Å². The van der Waals surface area contributed by atoms with E-state index in [9.17, 15) is 4.79 Å². The molecule has 1 N–H and O–H groups in total. The SMILES string of the molecule is C=CC(=O)N1[C@H](C)CN(c2nc(N3CC(N(C)C)C3)nc3c(F)c(-c4c(C)ccc5[nH]nc(C6CC6)c45)c(Cl)cc23)C[C@@H]1C. The van der Waals surface area contributed by atoms with Crippen LogP contribution in [0.1, 0.15) is 43.9 Å². The number of amides is 1. The van der Waals surface area contributed by atoms with Crippen LogP contribution in [0.15, 0.2) is 30.9 Å². The molecule has 4 heterocycles. The van der Waals surface area contributed by atoms with Crippen molar-refractivity contribution >= 4 is 51.1 Å². The molecule has 4 aromatic rings. The average Bonchev–Trinajstić information content (AvgIpc) is 3.71. The third kappa shape index (κ3) is 4.61. The maximum absolute atomic E-state index is 17.1. The van der Waals surface area contributed by atoms with Crippen molar-refractivity contribution in [2.24, 2.45) is 0 Å². The van der Waals surface area contributed by atoms with Crippen molar-refractivity contribution in [2.45, 2.75) is 57.7 Å². The number of hydrogen-bond acceptors (Lipinski definition) is 7. The number of halogens is 2. The van der Waals surface area contributed by atoms with Crippen molar-refractivity contribution in [1.82, 2.24) is 30.0 Å². The number of carbonyl (C=O) groups excluding carboxylic acids is 1. The van der Waals surface area contributed by atoms with Gasteiger partial charge in [-0.15, -0.1) is 0 Å². The maximum atomic E-state index is 17.1. The molecular formula is C33H38ClFN8O. The number of fused-ring (bicyclic) bond motifs is 2. The first-order valence-corrected chi connectivity index (χ1v) is 15.7. The fourth-order valence-corrected chi connectivity index (χ4v) is 7.26. The summed E-state index contributed by atoms with van der Waals surface area (Å²) in [6.07, 6.45) is 3.51. The smallest absolute Gasteiger partial charge is 0.246 e. The van der Waals surface area contributed by atoms with Crippen molar-refractivity contribution in [3.63, 3.8) is 0 Å². The van der Waals surface area contributed by atoms with Crippen LogP contribution in [-0.2, 0) is 4.79 Å². The monoisotopic (exact) mass is 616 g/mol. The number of aromatic nitrogens is 4. The van der Waals surface area contributed by atoms with E-state index in [4.69, 9.17) is 21.6 Å². The Bertz CT molecular complexity index is 1800. The molecule has 0 spiro atoms. The molecule has 1 aliphatic carbocycles. The van der Waals surface area contributed by atoms with Crippen LogP contribution in [0, 0.1) is 12.7 Å². The normalized spacial score (nSPS) is 21.0. The molecule has 0 unspecified atom stereocenters. The highest BCUT2D eigenvalue weighted by Gasteiger charge is 2.37. The predicted octanol–water partition coefficient (Wildman–Crippen LogP) is 5.51. The van der Waals surface area contributed by atoms with Crippen LogP contribution in [0.5, 0.6) is 0 Å². The third-order valence-corrected chi connectivity index (χ3v) is 9.85. The van der Waals surface area contributed by atoms with Gasteiger partial charge in [-0.25, -0.2) is 9.37 Å². The van der Waals surface area contributed by atoms with Crippen molar-refractivity contribution in [3.05, 3.63) is 53.0 Å². The largest absolute Gasteiger partial charge is 0.352 e. The molecule has 230 valence electrons. The molecule has 0 radical (unpaired) electrons. The summed E-state index contributed by atoms with van der Waals surface area (Å²) in [5.41, 5.74) is 4.13. The number of benzene rings is 2. The molecule has 1 amide bonds. The molecule has 9 nitrogen and oxygen atoms in total. The van der Waals surface area contributed by atoms with E-state index in [-0.39, 0.29) is 23.5 Å². The predicted molar refractivity (Wildman–Crippen MR) is 174 cm³/mol. The highest BCUT2D eigenvalue weighted by molar-refractivity contribution is 6.35. The van der Waals surface area contributed by atoms with Gasteiger partial charge in [0, 0.05) is 72.1 Å². The van der Waals surface area contributed by atoms with Gasteiger partial charge < -0.3 is 19.6 Å². The summed E-state index contributed by atoms with van der Waals surface area (Å²) in [6.45, 7) is 12.3. The van der Waals surface area contributed by atoms with Gasteiger partial charge in [0.05, 0.1) is 16.2 Å². The zero-order valence-corrected chi connectivity index (χ0v) is 26.6. The quantitative estimate of drug-likeness (QED) is 0.286. The van der Waals surface area contributed by atoms with E-state index < -0.39 is 5.82 Å². The van der Waals surface area contributed by atoms with Crippen molar-refractivity contribution in [1.29, 1.82) is 0 Å². The number of aromatic amines is 1. The first-order chi connectivity index (χ1) is 21.1. The van der Waals surface area contributed by atoms with Crippen LogP contribution in [-0.4, -0.2) is 94.3 Å². The second kappa shape index (κ2) is 10.7. The van der Waals surface area contributed by atoms with Gasteiger partial charge in [0.1, 0.15) is 11.3 Å². The van der Waals surface area contributed by atoms with Crippen LogP contribution in [0.25, 0.3) is 32.9 Å². The Hall–Kier alpha value is -3.76. The van der Waals surface area contributed by atoms with Crippen LogP contribution >= 0.6 is 11.6 Å². The molecule has 44 heavy (non-hydrogen) atoms. The molecule has 7 rings (SSSR count). The second-order valence-electron chi connectivity index (χ2n) is 12.9. The first-order valence-electron chi connectivity index (χ1n) is 15.4. The minimum Gasteiger partial charge on any atom is -0.352 e. The zero-order chi connectivity index (χ0) is 31.0. The van der Waals surface area contributed by atoms with E-state index in [0.717, 1.165) is 53.7 Å². The Morgan fingerprint density at radius 2 is 1.80 bits per heavy atom. The standard InChI is InChI=1S/C33H38ClFN8O/c1-7-25(44)43-18(3)13-41(14-19(43)4)32-22-12-23(34)27(26-17(2)8-11-24-28(26)30(39-38-24)20-9-10-20)29(35)31(22)36-33(37-32)42-15-21(16-42)40(5)6/h7-8,11-12,18-21H,1,9-10,13-16H2,2-6H3,(H,38,39)/t18-,19+. The lowest BCUT2D eigenvalue weighted by Crippen LogP contribution is -2.59. The van der Waals surface area contributed by atoms with E-state index in [0.29, 0.717) is 52.8 Å². The van der Waals surface area contributed by atoms with E-state index >= 15 is 4.39 Å². The Balaban J connectivity index is 1.41. The van der Waals surface area contributed by atoms with Gasteiger partial charge in [0.25, 0.3) is 0 Å². The lowest BCUT2D eigenvalue weighted by atomic mass is 9.93. The number of anilines is 2. The lowest BCUT2D eigenvalue weighted by molar-refractivity contribution is -0.130. The van der Waals surface area contributed by atoms with Crippen molar-refractivity contribution in [3.8, 4) is 11.1 Å². The lowest BCUT2D eigenvalue weighted by Gasteiger charge is -2.45. The van der Waals surface area contributed by atoms with E-state index in [1.54, 1.807) is 0 Å². The number of carbonyl (C=O) groups is 1. The average molecular weight is 617 g/mol. The number of aryl methyl sites for hydroxylation is 1. The summed E-state index contributed by atoms with van der Waals surface area (Å²) in [5, 5.41) is 9.60. The Morgan fingerprint density at radius 1 is 1.09 bits per heavy atom. The van der Waals surface area contributed by atoms with Gasteiger partial charge in [0.15, 0.2) is 5.82 Å². The summed E-state index contributed by atoms with van der Waals surface area (Å²) >= 11 is 7.05. The molecule has 1 saturated carbocycles. The number of likely N-dealkylation sites (N-methyl/N-ethyl adjacent to an activating group) is 1. The number of piperazine rings is 1. The molecule has 11 heteroatoms. The van der Waals surface area contributed by atoms with Gasteiger partial charge in [0.2, 0.25) is 11.9 Å². The topological polar surface area (TPSA) is 84.5 Å². The number of nitrogens with zero attached hydrogens (tertiary/aromatic N) is 7. The molecule has 3 aliphatic rings. The fourth-order valence-electron chi connectivity index (χ4n) is 6.98. The summed E-state index contributed by atoms with van der Waals surface area (Å²) in [7, 11) is 4.12. The van der Waals surface area contributed by atoms with Crippen LogP contribution in [0.3, 0.4) is 0 Å². The van der Waals surface area contributed by atoms with E-state index in [1.165, 1.54) is 6.08 Å². The first kappa shape index (κ1) is 29.0. The highest BCUT2D eigenvalue weighted by Crippen LogP contribution is 2.48. The molecular weight excluding hydrogens is 579 g/mol. The van der Waals surface area contributed by atoms with Crippen LogP contribution in [0.4, 0.5) is 16.2 Å². The Kier molecular flexibility index (Phi) is 7.05. The van der Waals surface area contributed by atoms with Crippen LogP contribution < -0.4 is 9.80 Å². The molecule has 0 bridgehead atoms. The van der Waals surface area contributed by atoms with E-state index in [1.807, 2.05) is 43.9 Å². The van der Waals surface area contributed by atoms with Crippen molar-refractivity contribution < 1.29 is 9.18 Å². The Morgan fingerprint density at radius 3 is 2.43 bits per heavy atom. The summed E-state index contributed by atoms with van der Waals surface area (Å²) in [6, 6.07) is 5.99. The number of H-pyrrole nitrogens is 1. The van der Waals surface area contributed by atoms with E-state index in [2.05, 4.69) is 45.6 Å². The minimum atomic E-state index is -0.456. The third-order valence-electron chi connectivity index (χ3n) is 9.55.